The minimum Gasteiger partial charge on any atom is -0.465 e. The molecule has 0 aliphatic heterocycles. The van der Waals surface area contributed by atoms with Gasteiger partial charge in [0.15, 0.2) is 0 Å². The molecule has 0 fully saturated rings. The molecule has 16 heavy (non-hydrogen) atoms. The topological polar surface area (TPSA) is 75.3 Å². The summed E-state index contributed by atoms with van der Waals surface area (Å²) in [5.74, 6) is 0. The van der Waals surface area contributed by atoms with E-state index < -0.39 is 6.09 Å². The number of carboxylic acid groups (broad SMARTS) is 1. The SMILES string of the molecule is NCc1ccc2c(c1)CCCC2NC(=O)O. The van der Waals surface area contributed by atoms with E-state index in [0.29, 0.717) is 6.54 Å². The number of hydrogen-bond acceptors (Lipinski definition) is 2. The molecule has 1 aromatic carbocycles. The first kappa shape index (κ1) is 11.0. The van der Waals surface area contributed by atoms with Crippen molar-refractivity contribution >= 4 is 6.09 Å². The summed E-state index contributed by atoms with van der Waals surface area (Å²) >= 11 is 0. The second kappa shape index (κ2) is 4.53. The summed E-state index contributed by atoms with van der Waals surface area (Å²) in [7, 11) is 0. The molecule has 0 bridgehead atoms. The van der Waals surface area contributed by atoms with Crippen LogP contribution in [0.15, 0.2) is 18.2 Å². The lowest BCUT2D eigenvalue weighted by atomic mass is 9.86. The van der Waals surface area contributed by atoms with E-state index >= 15 is 0 Å². The largest absolute Gasteiger partial charge is 0.465 e. The number of nitrogens with one attached hydrogen (secondary N) is 1. The van der Waals surface area contributed by atoms with E-state index in [1.807, 2.05) is 12.1 Å². The lowest BCUT2D eigenvalue weighted by Gasteiger charge is -2.25. The Bertz CT molecular complexity index is 404. The normalized spacial score (nSPS) is 18.9. The Kier molecular flexibility index (Phi) is 3.10. The van der Waals surface area contributed by atoms with E-state index in [1.54, 1.807) is 0 Å². The van der Waals surface area contributed by atoms with Gasteiger partial charge in [0, 0.05) is 6.54 Å². The second-order valence-corrected chi connectivity index (χ2v) is 4.13. The summed E-state index contributed by atoms with van der Waals surface area (Å²) in [4.78, 5) is 10.7. The quantitative estimate of drug-likeness (QED) is 0.711. The molecular formula is C12H16N2O2. The zero-order valence-electron chi connectivity index (χ0n) is 9.07. The predicted octanol–water partition coefficient (Wildman–Crippen LogP) is 1.79. The Morgan fingerprint density at radius 1 is 1.56 bits per heavy atom. The number of aryl methyl sites for hydroxylation is 1. The maximum atomic E-state index is 10.7. The molecule has 0 spiro atoms. The van der Waals surface area contributed by atoms with Gasteiger partial charge in [-0.25, -0.2) is 4.79 Å². The molecule has 86 valence electrons. The van der Waals surface area contributed by atoms with Crippen LogP contribution in [0.4, 0.5) is 4.79 Å². The highest BCUT2D eigenvalue weighted by molar-refractivity contribution is 5.65. The van der Waals surface area contributed by atoms with Crippen LogP contribution in [0.2, 0.25) is 0 Å². The Morgan fingerprint density at radius 3 is 3.06 bits per heavy atom. The van der Waals surface area contributed by atoms with E-state index in [-0.39, 0.29) is 6.04 Å². The van der Waals surface area contributed by atoms with Crippen LogP contribution in [0.3, 0.4) is 0 Å². The molecule has 1 aliphatic carbocycles. The van der Waals surface area contributed by atoms with Crippen molar-refractivity contribution in [3.63, 3.8) is 0 Å². The van der Waals surface area contributed by atoms with E-state index in [9.17, 15) is 4.79 Å². The number of nitrogens with two attached hydrogens (primary N) is 1. The summed E-state index contributed by atoms with van der Waals surface area (Å²) in [6.07, 6.45) is 1.95. The van der Waals surface area contributed by atoms with Crippen LogP contribution >= 0.6 is 0 Å². The van der Waals surface area contributed by atoms with Crippen LogP contribution in [0.1, 0.15) is 35.6 Å². The van der Waals surface area contributed by atoms with Gasteiger partial charge in [-0.15, -0.1) is 0 Å². The van der Waals surface area contributed by atoms with Gasteiger partial charge < -0.3 is 16.2 Å². The highest BCUT2D eigenvalue weighted by atomic mass is 16.4. The molecule has 1 amide bonds. The molecule has 0 radical (unpaired) electrons. The van der Waals surface area contributed by atoms with Crippen LogP contribution in [-0.4, -0.2) is 11.2 Å². The van der Waals surface area contributed by atoms with Gasteiger partial charge >= 0.3 is 6.09 Å². The van der Waals surface area contributed by atoms with Gasteiger partial charge in [0.1, 0.15) is 0 Å². The van der Waals surface area contributed by atoms with Crippen molar-refractivity contribution in [3.05, 3.63) is 34.9 Å². The van der Waals surface area contributed by atoms with Crippen LogP contribution in [0.5, 0.6) is 0 Å². The highest BCUT2D eigenvalue weighted by Gasteiger charge is 2.21. The molecular weight excluding hydrogens is 204 g/mol. The molecule has 1 unspecified atom stereocenters. The standard InChI is InChI=1S/C12H16N2O2/c13-7-8-4-5-10-9(6-8)2-1-3-11(10)14-12(15)16/h4-6,11,14H,1-3,7,13H2,(H,15,16). The van der Waals surface area contributed by atoms with Gasteiger partial charge in [0.25, 0.3) is 0 Å². The van der Waals surface area contributed by atoms with Crippen molar-refractivity contribution in [3.8, 4) is 0 Å². The average molecular weight is 220 g/mol. The predicted molar refractivity (Wildman–Crippen MR) is 61.2 cm³/mol. The Labute approximate surface area is 94.5 Å². The molecule has 1 aromatic rings. The van der Waals surface area contributed by atoms with E-state index in [0.717, 1.165) is 30.4 Å². The number of fused-ring (bicyclic) bond motifs is 1. The van der Waals surface area contributed by atoms with Crippen molar-refractivity contribution in [2.24, 2.45) is 5.73 Å². The first-order valence-electron chi connectivity index (χ1n) is 5.52. The number of rotatable bonds is 2. The maximum Gasteiger partial charge on any atom is 0.405 e. The monoisotopic (exact) mass is 220 g/mol. The first-order chi connectivity index (χ1) is 7.70. The molecule has 1 aliphatic rings. The van der Waals surface area contributed by atoms with Crippen molar-refractivity contribution in [2.75, 3.05) is 0 Å². The van der Waals surface area contributed by atoms with Gasteiger partial charge in [0.05, 0.1) is 6.04 Å². The van der Waals surface area contributed by atoms with E-state index in [1.165, 1.54) is 5.56 Å². The molecule has 0 saturated carbocycles. The summed E-state index contributed by atoms with van der Waals surface area (Å²) in [6, 6.07) is 6.00. The van der Waals surface area contributed by atoms with Crippen molar-refractivity contribution < 1.29 is 9.90 Å². The third-order valence-electron chi connectivity index (χ3n) is 3.06. The average Bonchev–Trinajstić information content (AvgIpc) is 2.28. The van der Waals surface area contributed by atoms with Crippen LogP contribution < -0.4 is 11.1 Å². The minimum absolute atomic E-state index is 0.0620. The molecule has 4 heteroatoms. The zero-order chi connectivity index (χ0) is 11.5. The lowest BCUT2D eigenvalue weighted by Crippen LogP contribution is -2.29. The van der Waals surface area contributed by atoms with Gasteiger partial charge in [-0.1, -0.05) is 18.2 Å². The number of amides is 1. The van der Waals surface area contributed by atoms with Crippen LogP contribution in [-0.2, 0) is 13.0 Å². The highest BCUT2D eigenvalue weighted by Crippen LogP contribution is 2.30. The Morgan fingerprint density at radius 2 is 2.38 bits per heavy atom. The van der Waals surface area contributed by atoms with Gasteiger partial charge in [-0.2, -0.15) is 0 Å². The van der Waals surface area contributed by atoms with Gasteiger partial charge in [-0.05, 0) is 36.0 Å². The van der Waals surface area contributed by atoms with E-state index in [2.05, 4.69) is 11.4 Å². The van der Waals surface area contributed by atoms with Crippen LogP contribution in [0, 0.1) is 0 Å². The molecule has 1 atom stereocenters. The van der Waals surface area contributed by atoms with E-state index in [4.69, 9.17) is 10.8 Å². The number of benzene rings is 1. The van der Waals surface area contributed by atoms with Crippen molar-refractivity contribution in [1.29, 1.82) is 0 Å². The van der Waals surface area contributed by atoms with Gasteiger partial charge in [-0.3, -0.25) is 0 Å². The number of carbonyl (C=O) groups is 1. The fourth-order valence-corrected chi connectivity index (χ4v) is 2.29. The first-order valence-corrected chi connectivity index (χ1v) is 5.52. The van der Waals surface area contributed by atoms with Crippen molar-refractivity contribution in [2.45, 2.75) is 31.8 Å². The summed E-state index contributed by atoms with van der Waals surface area (Å²) in [6.45, 7) is 0.532. The number of hydrogen-bond donors (Lipinski definition) is 3. The molecule has 0 heterocycles. The molecule has 4 N–H and O–H groups in total. The molecule has 2 rings (SSSR count). The fraction of sp³-hybridized carbons (Fsp3) is 0.417. The molecule has 0 saturated heterocycles. The Balaban J connectivity index is 2.28. The summed E-state index contributed by atoms with van der Waals surface area (Å²) in [5.41, 5.74) is 9.03. The van der Waals surface area contributed by atoms with Crippen LogP contribution in [0.25, 0.3) is 0 Å². The molecule has 4 nitrogen and oxygen atoms in total. The van der Waals surface area contributed by atoms with Gasteiger partial charge in [0.2, 0.25) is 0 Å². The lowest BCUT2D eigenvalue weighted by molar-refractivity contribution is 0.188. The minimum atomic E-state index is -0.958. The summed E-state index contributed by atoms with van der Waals surface area (Å²) < 4.78 is 0. The smallest absolute Gasteiger partial charge is 0.405 e. The maximum absolute atomic E-state index is 10.7. The molecule has 0 aromatic heterocycles. The second-order valence-electron chi connectivity index (χ2n) is 4.13. The zero-order valence-corrected chi connectivity index (χ0v) is 9.07. The third-order valence-corrected chi connectivity index (χ3v) is 3.06. The van der Waals surface area contributed by atoms with Crippen molar-refractivity contribution in [1.82, 2.24) is 5.32 Å². The fourth-order valence-electron chi connectivity index (χ4n) is 2.29. The summed E-state index contributed by atoms with van der Waals surface area (Å²) in [5, 5.41) is 11.3. The Hall–Kier alpha value is -1.55. The third kappa shape index (κ3) is 2.17.